The smallest absolute Gasteiger partial charge is 0.0678 e. The Balaban J connectivity index is 2.38. The van der Waals surface area contributed by atoms with Crippen LogP contribution in [-0.4, -0.2) is 5.71 Å². The van der Waals surface area contributed by atoms with E-state index in [0.717, 1.165) is 12.8 Å². The van der Waals surface area contributed by atoms with Gasteiger partial charge in [-0.25, -0.2) is 0 Å². The molecule has 0 saturated heterocycles. The molecule has 1 aliphatic rings. The minimum absolute atomic E-state index is 1.10. The Morgan fingerprint density at radius 3 is 2.67 bits per heavy atom. The van der Waals surface area contributed by atoms with Crippen molar-refractivity contribution in [3.63, 3.8) is 0 Å². The molecule has 0 aromatic rings. The van der Waals surface area contributed by atoms with Crippen LogP contribution in [0, 0.1) is 0 Å². The lowest BCUT2D eigenvalue weighted by Gasteiger charge is -2.02. The van der Waals surface area contributed by atoms with Crippen LogP contribution < -0.4 is 5.43 Å². The fraction of sp³-hybridized carbons (Fsp3) is 0.700. The number of nitrogens with zero attached hydrogens (tertiary/aromatic N) is 2. The van der Waals surface area contributed by atoms with Crippen molar-refractivity contribution in [2.45, 2.75) is 46.0 Å². The molecular formula is C10H17N2. The third kappa shape index (κ3) is 2.36. The zero-order valence-electron chi connectivity index (χ0n) is 8.01. The van der Waals surface area contributed by atoms with Gasteiger partial charge in [0.1, 0.15) is 0 Å². The van der Waals surface area contributed by atoms with Gasteiger partial charge in [0.05, 0.1) is 11.9 Å². The third-order valence-corrected chi connectivity index (χ3v) is 2.05. The monoisotopic (exact) mass is 165 g/mol. The van der Waals surface area contributed by atoms with Crippen molar-refractivity contribution in [2.24, 2.45) is 5.10 Å². The fourth-order valence-electron chi connectivity index (χ4n) is 1.34. The highest BCUT2D eigenvalue weighted by atomic mass is 15.3. The average Bonchev–Trinajstić information content (AvgIpc) is 2.50. The molecule has 0 bridgehead atoms. The van der Waals surface area contributed by atoms with Gasteiger partial charge in [0.15, 0.2) is 0 Å². The van der Waals surface area contributed by atoms with Gasteiger partial charge >= 0.3 is 0 Å². The molecule has 2 nitrogen and oxygen atoms in total. The molecular weight excluding hydrogens is 148 g/mol. The van der Waals surface area contributed by atoms with Crippen LogP contribution in [-0.2, 0) is 0 Å². The first kappa shape index (κ1) is 9.30. The molecule has 12 heavy (non-hydrogen) atoms. The van der Waals surface area contributed by atoms with E-state index in [1.807, 2.05) is 6.20 Å². The van der Waals surface area contributed by atoms with E-state index >= 15 is 0 Å². The van der Waals surface area contributed by atoms with Gasteiger partial charge in [0.2, 0.25) is 0 Å². The number of hydrogen-bond acceptors (Lipinski definition) is 1. The molecule has 0 atom stereocenters. The van der Waals surface area contributed by atoms with E-state index in [1.54, 1.807) is 0 Å². The normalized spacial score (nSPS) is 15.5. The van der Waals surface area contributed by atoms with E-state index < -0.39 is 0 Å². The Labute approximate surface area is 74.7 Å². The maximum Gasteiger partial charge on any atom is 0.0678 e. The maximum atomic E-state index is 4.12. The molecule has 0 amide bonds. The lowest BCUT2D eigenvalue weighted by atomic mass is 10.0. The van der Waals surface area contributed by atoms with E-state index in [2.05, 4.69) is 24.4 Å². The number of unbranched alkanes of at least 4 members (excludes halogenated alkanes) is 1. The van der Waals surface area contributed by atoms with Crippen LogP contribution in [0.4, 0.5) is 0 Å². The number of hydrogen-bond donors (Lipinski definition) is 0. The van der Waals surface area contributed by atoms with Gasteiger partial charge < -0.3 is 0 Å². The summed E-state index contributed by atoms with van der Waals surface area (Å²) in [6, 6.07) is 0. The van der Waals surface area contributed by atoms with Crippen molar-refractivity contribution in [1.82, 2.24) is 5.43 Å². The molecule has 1 rings (SSSR count). The molecule has 0 spiro atoms. The Morgan fingerprint density at radius 1 is 1.17 bits per heavy atom. The van der Waals surface area contributed by atoms with E-state index in [9.17, 15) is 0 Å². The average molecular weight is 165 g/mol. The van der Waals surface area contributed by atoms with Crippen molar-refractivity contribution in [3.8, 4) is 0 Å². The molecule has 1 heterocycles. The summed E-state index contributed by atoms with van der Waals surface area (Å²) in [5.74, 6) is 0. The highest BCUT2D eigenvalue weighted by Crippen LogP contribution is 2.15. The fourth-order valence-corrected chi connectivity index (χ4v) is 1.34. The van der Waals surface area contributed by atoms with E-state index in [0.29, 0.717) is 0 Å². The zero-order chi connectivity index (χ0) is 8.81. The second-order valence-electron chi connectivity index (χ2n) is 3.17. The summed E-state index contributed by atoms with van der Waals surface area (Å²) in [6.45, 7) is 4.40. The minimum atomic E-state index is 1.10. The van der Waals surface area contributed by atoms with Gasteiger partial charge in [-0.1, -0.05) is 26.7 Å². The van der Waals surface area contributed by atoms with Gasteiger partial charge in [-0.2, -0.15) is 10.5 Å². The summed E-state index contributed by atoms with van der Waals surface area (Å²) < 4.78 is 0. The molecule has 0 saturated carbocycles. The van der Waals surface area contributed by atoms with Gasteiger partial charge in [-0.3, -0.25) is 0 Å². The highest BCUT2D eigenvalue weighted by Gasteiger charge is 2.10. The van der Waals surface area contributed by atoms with Crippen LogP contribution >= 0.6 is 0 Å². The molecule has 0 N–H and O–H groups in total. The molecule has 67 valence electrons. The predicted molar refractivity (Wildman–Crippen MR) is 52.1 cm³/mol. The van der Waals surface area contributed by atoms with Crippen molar-refractivity contribution in [2.75, 3.05) is 0 Å². The van der Waals surface area contributed by atoms with E-state index in [4.69, 9.17) is 0 Å². The van der Waals surface area contributed by atoms with Crippen LogP contribution in [0.25, 0.3) is 0 Å². The largest absolute Gasteiger partial charge is 0.159 e. The second-order valence-corrected chi connectivity index (χ2v) is 3.17. The summed E-state index contributed by atoms with van der Waals surface area (Å²) in [6.07, 6.45) is 7.80. The van der Waals surface area contributed by atoms with Gasteiger partial charge in [-0.15, -0.1) is 0 Å². The zero-order valence-corrected chi connectivity index (χ0v) is 8.01. The van der Waals surface area contributed by atoms with Crippen LogP contribution in [0.2, 0.25) is 0 Å². The van der Waals surface area contributed by atoms with Crippen molar-refractivity contribution >= 4 is 5.71 Å². The van der Waals surface area contributed by atoms with Crippen molar-refractivity contribution < 1.29 is 0 Å². The second kappa shape index (κ2) is 4.96. The highest BCUT2D eigenvalue weighted by molar-refractivity contribution is 6.01. The van der Waals surface area contributed by atoms with Gasteiger partial charge in [-0.05, 0) is 24.8 Å². The van der Waals surface area contributed by atoms with Crippen LogP contribution in [0.15, 0.2) is 16.9 Å². The van der Waals surface area contributed by atoms with Crippen LogP contribution in [0.1, 0.15) is 46.0 Å². The summed E-state index contributed by atoms with van der Waals surface area (Å²) in [7, 11) is 0. The Bertz CT molecular complexity index is 192. The van der Waals surface area contributed by atoms with Crippen LogP contribution in [0.3, 0.4) is 0 Å². The SMILES string of the molecule is CCCCC1=N[N]C=C1CCC. The molecule has 1 aliphatic heterocycles. The van der Waals surface area contributed by atoms with Crippen molar-refractivity contribution in [3.05, 3.63) is 11.8 Å². The lowest BCUT2D eigenvalue weighted by Crippen LogP contribution is -1.99. The summed E-state index contributed by atoms with van der Waals surface area (Å²) in [5.41, 5.74) is 6.52. The Morgan fingerprint density at radius 2 is 2.00 bits per heavy atom. The van der Waals surface area contributed by atoms with E-state index in [-0.39, 0.29) is 0 Å². The topological polar surface area (TPSA) is 26.5 Å². The summed E-state index contributed by atoms with van der Waals surface area (Å²) >= 11 is 0. The molecule has 1 radical (unpaired) electrons. The minimum Gasteiger partial charge on any atom is -0.159 e. The molecule has 0 aromatic carbocycles. The lowest BCUT2D eigenvalue weighted by molar-refractivity contribution is 0.825. The first-order valence-electron chi connectivity index (χ1n) is 4.84. The predicted octanol–water partition coefficient (Wildman–Crippen LogP) is 2.83. The molecule has 0 aliphatic carbocycles. The third-order valence-electron chi connectivity index (χ3n) is 2.05. The Hall–Kier alpha value is -0.790. The molecule has 0 fully saturated rings. The Kier molecular flexibility index (Phi) is 3.85. The first-order chi connectivity index (χ1) is 5.88. The molecule has 2 heteroatoms. The number of allylic oxidation sites excluding steroid dienone is 1. The van der Waals surface area contributed by atoms with Gasteiger partial charge in [0.25, 0.3) is 0 Å². The molecule has 0 unspecified atom stereocenters. The summed E-state index contributed by atoms with van der Waals surface area (Å²) in [4.78, 5) is 0. The number of rotatable bonds is 5. The quantitative estimate of drug-likeness (QED) is 0.599. The first-order valence-corrected chi connectivity index (χ1v) is 4.84. The van der Waals surface area contributed by atoms with Gasteiger partial charge in [0, 0.05) is 0 Å². The van der Waals surface area contributed by atoms with Crippen LogP contribution in [0.5, 0.6) is 0 Å². The molecule has 0 aromatic heterocycles. The summed E-state index contributed by atoms with van der Waals surface area (Å²) in [5, 5.41) is 4.12. The maximum absolute atomic E-state index is 4.12. The van der Waals surface area contributed by atoms with Crippen molar-refractivity contribution in [1.29, 1.82) is 0 Å². The van der Waals surface area contributed by atoms with E-state index in [1.165, 1.54) is 30.5 Å². The standard InChI is InChI=1S/C10H17N2/c1-3-5-7-10-9(6-4-2)8-11-12-10/h8H,3-7H2,1-2H3.